The Bertz CT molecular complexity index is 1730. The van der Waals surface area contributed by atoms with Crippen LogP contribution in [0.2, 0.25) is 0 Å². The standard InChI is InChI=1S/C32H37N3O/c1-19(2)23-11-9-12-24(20(3)4)28(23)29-31-35(18-34-29)27-14-10-13-25(30(27)36-31)26-15-22(16-32(6,7)8)21(5)17-33-26/h9-15,17-20H,16H2,1-8H3/i5D3,16D2. The number of pyridine rings is 1. The number of fused-ring (bicyclic) bond motifs is 3. The van der Waals surface area contributed by atoms with Gasteiger partial charge in [0.25, 0.3) is 0 Å². The van der Waals surface area contributed by atoms with Crippen LogP contribution in [0.5, 0.6) is 0 Å². The van der Waals surface area contributed by atoms with E-state index in [1.54, 1.807) is 33.2 Å². The van der Waals surface area contributed by atoms with Crippen molar-refractivity contribution in [2.75, 3.05) is 0 Å². The van der Waals surface area contributed by atoms with E-state index in [1.807, 2.05) is 22.6 Å². The van der Waals surface area contributed by atoms with Gasteiger partial charge in [-0.1, -0.05) is 72.7 Å². The molecule has 5 rings (SSSR count). The average Bonchev–Trinajstić information content (AvgIpc) is 3.46. The summed E-state index contributed by atoms with van der Waals surface area (Å²) in [5, 5.41) is 0. The highest BCUT2D eigenvalue weighted by Crippen LogP contribution is 2.40. The number of hydrogen-bond acceptors (Lipinski definition) is 3. The molecule has 3 heterocycles. The van der Waals surface area contributed by atoms with Crippen LogP contribution in [-0.2, 0) is 6.37 Å². The van der Waals surface area contributed by atoms with E-state index in [0.29, 0.717) is 22.6 Å². The Morgan fingerprint density at radius 3 is 2.33 bits per heavy atom. The maximum absolute atomic E-state index is 8.91. The van der Waals surface area contributed by atoms with Crippen LogP contribution in [0.25, 0.3) is 39.3 Å². The lowest BCUT2D eigenvalue weighted by atomic mass is 9.86. The molecule has 2 aromatic carbocycles. The molecule has 4 heteroatoms. The summed E-state index contributed by atoms with van der Waals surface area (Å²) in [6, 6.07) is 13.7. The van der Waals surface area contributed by atoms with Crippen molar-refractivity contribution in [1.29, 1.82) is 0 Å². The molecule has 0 bridgehead atoms. The molecule has 0 unspecified atom stereocenters. The van der Waals surface area contributed by atoms with Gasteiger partial charge in [-0.15, -0.1) is 0 Å². The third kappa shape index (κ3) is 4.23. The van der Waals surface area contributed by atoms with Crippen molar-refractivity contribution < 1.29 is 11.3 Å². The van der Waals surface area contributed by atoms with Crippen molar-refractivity contribution in [3.63, 3.8) is 0 Å². The monoisotopic (exact) mass is 484 g/mol. The number of oxazole rings is 1. The van der Waals surface area contributed by atoms with Crippen molar-refractivity contribution in [3.8, 4) is 22.5 Å². The number of aryl methyl sites for hydroxylation is 1. The van der Waals surface area contributed by atoms with Crippen LogP contribution in [0, 0.1) is 12.3 Å². The number of para-hydroxylation sites is 1. The SMILES string of the molecule is [2H]C([2H])([2H])c1cnc(-c2cccc3c2oc2c(-c4c(C(C)C)cccc4C(C)C)ncn23)cc1C([2H])([2H])C(C)(C)C. The van der Waals surface area contributed by atoms with Crippen molar-refractivity contribution >= 4 is 16.8 Å². The van der Waals surface area contributed by atoms with E-state index in [-0.39, 0.29) is 23.0 Å². The first-order valence-electron chi connectivity index (χ1n) is 15.1. The summed E-state index contributed by atoms with van der Waals surface area (Å²) in [5.74, 6) is 0.579. The molecule has 0 atom stereocenters. The second kappa shape index (κ2) is 8.92. The van der Waals surface area contributed by atoms with Gasteiger partial charge in [-0.2, -0.15) is 0 Å². The van der Waals surface area contributed by atoms with Crippen LogP contribution in [0.4, 0.5) is 0 Å². The van der Waals surface area contributed by atoms with Crippen LogP contribution >= 0.6 is 0 Å². The quantitative estimate of drug-likeness (QED) is 0.250. The molecule has 36 heavy (non-hydrogen) atoms. The number of benzene rings is 2. The largest absolute Gasteiger partial charge is 0.435 e. The van der Waals surface area contributed by atoms with Gasteiger partial charge in [-0.3, -0.25) is 9.38 Å². The Labute approximate surface area is 221 Å². The van der Waals surface area contributed by atoms with Gasteiger partial charge in [0.15, 0.2) is 5.58 Å². The Balaban J connectivity index is 1.77. The van der Waals surface area contributed by atoms with Gasteiger partial charge >= 0.3 is 0 Å². The molecule has 0 N–H and O–H groups in total. The molecule has 5 aromatic rings. The maximum Gasteiger partial charge on any atom is 0.232 e. The molecule has 0 saturated heterocycles. The molecule has 0 saturated carbocycles. The fourth-order valence-corrected chi connectivity index (χ4v) is 4.83. The zero-order valence-corrected chi connectivity index (χ0v) is 22.1. The highest BCUT2D eigenvalue weighted by molar-refractivity contribution is 5.94. The minimum absolute atomic E-state index is 0.0843. The van der Waals surface area contributed by atoms with Gasteiger partial charge in [0.05, 0.1) is 11.2 Å². The van der Waals surface area contributed by atoms with Crippen molar-refractivity contribution in [2.24, 2.45) is 5.41 Å². The lowest BCUT2D eigenvalue weighted by Crippen LogP contribution is -2.10. The summed E-state index contributed by atoms with van der Waals surface area (Å²) in [7, 11) is 0. The molecule has 0 aliphatic rings. The van der Waals surface area contributed by atoms with E-state index in [1.165, 1.54) is 17.3 Å². The zero-order chi connectivity index (χ0) is 30.1. The first-order valence-corrected chi connectivity index (χ1v) is 12.6. The van der Waals surface area contributed by atoms with Crippen LogP contribution in [0.15, 0.2) is 59.4 Å². The highest BCUT2D eigenvalue weighted by atomic mass is 16.3. The Hall–Kier alpha value is -3.40. The van der Waals surface area contributed by atoms with Crippen molar-refractivity contribution in [1.82, 2.24) is 14.4 Å². The minimum atomic E-state index is -2.51. The zero-order valence-electron chi connectivity index (χ0n) is 27.1. The van der Waals surface area contributed by atoms with Gasteiger partial charge in [-0.25, -0.2) is 4.98 Å². The van der Waals surface area contributed by atoms with Gasteiger partial charge in [0.1, 0.15) is 12.0 Å². The Morgan fingerprint density at radius 2 is 1.69 bits per heavy atom. The molecule has 186 valence electrons. The first-order chi connectivity index (χ1) is 19.0. The topological polar surface area (TPSA) is 43.3 Å². The summed E-state index contributed by atoms with van der Waals surface area (Å²) < 4.78 is 50.5. The summed E-state index contributed by atoms with van der Waals surface area (Å²) in [6.45, 7) is 11.5. The third-order valence-electron chi connectivity index (χ3n) is 6.48. The molecular formula is C32H37N3O. The maximum atomic E-state index is 8.91. The molecule has 3 aromatic heterocycles. The van der Waals surface area contributed by atoms with E-state index in [9.17, 15) is 0 Å². The molecule has 0 aliphatic heterocycles. The van der Waals surface area contributed by atoms with E-state index < -0.39 is 18.6 Å². The minimum Gasteiger partial charge on any atom is -0.435 e. The Morgan fingerprint density at radius 1 is 1.00 bits per heavy atom. The molecule has 0 amide bonds. The number of hydrogen-bond donors (Lipinski definition) is 0. The van der Waals surface area contributed by atoms with Gasteiger partial charge in [0.2, 0.25) is 5.71 Å². The van der Waals surface area contributed by atoms with Crippen LogP contribution in [-0.4, -0.2) is 14.4 Å². The summed E-state index contributed by atoms with van der Waals surface area (Å²) in [6.07, 6.45) is 1.14. The summed E-state index contributed by atoms with van der Waals surface area (Å²) >= 11 is 0. The number of aromatic nitrogens is 3. The second-order valence-corrected chi connectivity index (χ2v) is 11.1. The fourth-order valence-electron chi connectivity index (χ4n) is 4.83. The summed E-state index contributed by atoms with van der Waals surface area (Å²) in [4.78, 5) is 9.34. The molecule has 4 nitrogen and oxygen atoms in total. The van der Waals surface area contributed by atoms with Crippen LogP contribution in [0.1, 0.15) is 89.4 Å². The summed E-state index contributed by atoms with van der Waals surface area (Å²) in [5.41, 5.74) is 6.54. The molecular weight excluding hydrogens is 442 g/mol. The van der Waals surface area contributed by atoms with Crippen molar-refractivity contribution in [3.05, 3.63) is 77.2 Å². The number of imidazole rings is 1. The van der Waals surface area contributed by atoms with E-state index in [4.69, 9.17) is 16.3 Å². The van der Waals surface area contributed by atoms with Gasteiger partial charge in [-0.05, 0) is 70.9 Å². The van der Waals surface area contributed by atoms with E-state index in [0.717, 1.165) is 16.8 Å². The molecule has 0 aliphatic carbocycles. The normalized spacial score (nSPS) is 15.3. The predicted molar refractivity (Wildman–Crippen MR) is 150 cm³/mol. The highest BCUT2D eigenvalue weighted by Gasteiger charge is 2.23. The van der Waals surface area contributed by atoms with Crippen LogP contribution in [0.3, 0.4) is 0 Å². The Kier molecular flexibility index (Phi) is 4.66. The molecule has 0 fully saturated rings. The second-order valence-electron chi connectivity index (χ2n) is 11.1. The van der Waals surface area contributed by atoms with Gasteiger partial charge in [0, 0.05) is 24.2 Å². The molecule has 0 radical (unpaired) electrons. The average molecular weight is 485 g/mol. The number of nitrogens with zero attached hydrogens (tertiary/aromatic N) is 3. The lowest BCUT2D eigenvalue weighted by Gasteiger charge is -2.20. The lowest BCUT2D eigenvalue weighted by molar-refractivity contribution is 0.410. The predicted octanol–water partition coefficient (Wildman–Crippen LogP) is 8.95. The number of rotatable bonds is 5. The third-order valence-corrected chi connectivity index (χ3v) is 6.48. The molecule has 0 spiro atoms. The van der Waals surface area contributed by atoms with Crippen molar-refractivity contribution in [2.45, 2.75) is 73.5 Å². The first kappa shape index (κ1) is 18.8. The fraction of sp³-hybridized carbons (Fsp3) is 0.375. The van der Waals surface area contributed by atoms with Gasteiger partial charge < -0.3 is 4.42 Å². The van der Waals surface area contributed by atoms with E-state index in [2.05, 4.69) is 50.9 Å². The van der Waals surface area contributed by atoms with Crippen LogP contribution < -0.4 is 0 Å². The smallest absolute Gasteiger partial charge is 0.232 e. The van der Waals surface area contributed by atoms with E-state index >= 15 is 0 Å².